The van der Waals surface area contributed by atoms with Crippen LogP contribution >= 0.6 is 23.4 Å². The highest BCUT2D eigenvalue weighted by Gasteiger charge is 2.33. The lowest BCUT2D eigenvalue weighted by Crippen LogP contribution is -2.27. The summed E-state index contributed by atoms with van der Waals surface area (Å²) in [6, 6.07) is 9.54. The first-order valence-electron chi connectivity index (χ1n) is 11.2. The fraction of sp³-hybridized carbons (Fsp3) is 0.240. The number of alkyl halides is 3. The maximum atomic E-state index is 13.9. The Morgan fingerprint density at radius 3 is 2.66 bits per heavy atom. The number of ether oxygens (including phenoxy) is 1. The van der Waals surface area contributed by atoms with E-state index in [1.54, 1.807) is 12.1 Å². The minimum absolute atomic E-state index is 0.00613. The van der Waals surface area contributed by atoms with Gasteiger partial charge in [0.1, 0.15) is 22.8 Å². The molecule has 0 saturated carbocycles. The summed E-state index contributed by atoms with van der Waals surface area (Å²) in [5, 5.41) is 3.33. The van der Waals surface area contributed by atoms with Gasteiger partial charge < -0.3 is 20.2 Å². The normalized spacial score (nSPS) is 11.7. The molecule has 13 heteroatoms. The average molecular weight is 569 g/mol. The highest BCUT2D eigenvalue weighted by molar-refractivity contribution is 7.98. The van der Waals surface area contributed by atoms with E-state index < -0.39 is 23.6 Å². The van der Waals surface area contributed by atoms with Gasteiger partial charge in [-0.3, -0.25) is 4.79 Å². The first-order valence-corrected chi connectivity index (χ1v) is 12.7. The molecular formula is C25H21ClF4N4O3S. The Morgan fingerprint density at radius 1 is 1.18 bits per heavy atom. The minimum Gasteiger partial charge on any atom is -0.494 e. The van der Waals surface area contributed by atoms with Gasteiger partial charge in [-0.1, -0.05) is 17.7 Å². The lowest BCUT2D eigenvalue weighted by atomic mass is 10.1. The molecule has 3 N–H and O–H groups in total. The third kappa shape index (κ3) is 5.87. The van der Waals surface area contributed by atoms with E-state index in [0.717, 1.165) is 6.07 Å². The van der Waals surface area contributed by atoms with Crippen LogP contribution in [0.3, 0.4) is 0 Å². The fourth-order valence-electron chi connectivity index (χ4n) is 3.65. The molecule has 0 aliphatic carbocycles. The number of nitrogens with zero attached hydrogens (tertiary/aromatic N) is 2. The number of thioether (sulfide) groups is 1. The number of fused-ring (bicyclic) bond motifs is 1. The molecule has 2 heterocycles. The molecule has 0 aliphatic heterocycles. The Morgan fingerprint density at radius 2 is 1.97 bits per heavy atom. The maximum Gasteiger partial charge on any atom is 0.433 e. The fourth-order valence-corrected chi connectivity index (χ4v) is 4.85. The van der Waals surface area contributed by atoms with Crippen molar-refractivity contribution in [2.45, 2.75) is 18.5 Å². The maximum absolute atomic E-state index is 13.9. The summed E-state index contributed by atoms with van der Waals surface area (Å²) < 4.78 is 64.4. The molecule has 0 radical (unpaired) electrons. The number of carbonyl (C=O) groups excluding carboxylic acids is 1. The van der Waals surface area contributed by atoms with Crippen molar-refractivity contribution < 1.29 is 31.5 Å². The predicted molar refractivity (Wildman–Crippen MR) is 137 cm³/mol. The number of nitrogens with one attached hydrogen (secondary N) is 1. The van der Waals surface area contributed by atoms with Gasteiger partial charge in [0.05, 0.1) is 13.7 Å². The molecule has 0 spiro atoms. The molecule has 7 nitrogen and oxygen atoms in total. The number of benzene rings is 2. The first-order chi connectivity index (χ1) is 18.1. The van der Waals surface area contributed by atoms with Crippen LogP contribution in [0.5, 0.6) is 5.75 Å². The van der Waals surface area contributed by atoms with E-state index in [9.17, 15) is 22.4 Å². The van der Waals surface area contributed by atoms with E-state index in [1.807, 2.05) is 0 Å². The summed E-state index contributed by atoms with van der Waals surface area (Å²) in [6.07, 6.45) is -4.64. The summed E-state index contributed by atoms with van der Waals surface area (Å²) in [5.41, 5.74) is 5.29. The molecule has 2 aromatic heterocycles. The summed E-state index contributed by atoms with van der Waals surface area (Å²) in [7, 11) is 1.32. The number of amides is 1. The molecular weight excluding hydrogens is 548 g/mol. The zero-order chi connectivity index (χ0) is 27.4. The zero-order valence-corrected chi connectivity index (χ0v) is 21.4. The molecule has 0 atom stereocenters. The van der Waals surface area contributed by atoms with Gasteiger partial charge in [0, 0.05) is 39.6 Å². The van der Waals surface area contributed by atoms with Crippen LogP contribution in [0.15, 0.2) is 46.9 Å². The number of aromatic nitrogens is 2. The van der Waals surface area contributed by atoms with Crippen LogP contribution in [-0.2, 0) is 18.5 Å². The molecule has 38 heavy (non-hydrogen) atoms. The van der Waals surface area contributed by atoms with Gasteiger partial charge in [-0.25, -0.2) is 14.4 Å². The van der Waals surface area contributed by atoms with E-state index in [0.29, 0.717) is 27.7 Å². The molecule has 0 unspecified atom stereocenters. The highest BCUT2D eigenvalue weighted by atomic mass is 35.5. The number of pyridine rings is 1. The van der Waals surface area contributed by atoms with Gasteiger partial charge in [-0.15, -0.1) is 0 Å². The van der Waals surface area contributed by atoms with Gasteiger partial charge in [-0.05, 0) is 36.4 Å². The summed E-state index contributed by atoms with van der Waals surface area (Å²) >= 11 is 7.41. The number of nitrogens with two attached hydrogens (primary N) is 1. The first kappa shape index (κ1) is 27.7. The Kier molecular flexibility index (Phi) is 8.44. The monoisotopic (exact) mass is 568 g/mol. The highest BCUT2D eigenvalue weighted by Crippen LogP contribution is 2.37. The van der Waals surface area contributed by atoms with Gasteiger partial charge >= 0.3 is 6.18 Å². The summed E-state index contributed by atoms with van der Waals surface area (Å²) in [4.78, 5) is 20.8. The topological polar surface area (TPSA) is 103 Å². The Labute approximate surface area is 223 Å². The third-order valence-corrected chi connectivity index (χ3v) is 6.84. The number of carbonyl (C=O) groups is 1. The number of hydrogen-bond acceptors (Lipinski definition) is 7. The molecule has 200 valence electrons. The van der Waals surface area contributed by atoms with Crippen LogP contribution in [-0.4, -0.2) is 35.3 Å². The molecule has 0 saturated heterocycles. The summed E-state index contributed by atoms with van der Waals surface area (Å²) in [5.74, 6) is 0.0918. The smallest absolute Gasteiger partial charge is 0.433 e. The van der Waals surface area contributed by atoms with Gasteiger partial charge in [0.15, 0.2) is 11.5 Å². The van der Waals surface area contributed by atoms with Crippen molar-refractivity contribution in [1.29, 1.82) is 0 Å². The van der Waals surface area contributed by atoms with Crippen molar-refractivity contribution in [2.24, 2.45) is 5.73 Å². The lowest BCUT2D eigenvalue weighted by molar-refractivity contribution is -0.140. The molecule has 2 aromatic carbocycles. The number of oxazole rings is 1. The van der Waals surface area contributed by atoms with E-state index in [1.165, 1.54) is 43.1 Å². The second-order valence-corrected chi connectivity index (χ2v) is 9.42. The van der Waals surface area contributed by atoms with E-state index >= 15 is 0 Å². The second-order valence-electron chi connectivity index (χ2n) is 7.91. The van der Waals surface area contributed by atoms with Crippen molar-refractivity contribution >= 4 is 40.2 Å². The molecule has 1 amide bonds. The largest absolute Gasteiger partial charge is 0.494 e. The number of methoxy groups -OCH3 is 1. The van der Waals surface area contributed by atoms with Crippen LogP contribution in [0.25, 0.3) is 22.4 Å². The predicted octanol–water partition coefficient (Wildman–Crippen LogP) is 5.83. The molecule has 0 aliphatic rings. The SMILES string of the molecule is COc1ccc(-c2nc(C(=O)NCCSCc3c(F)cccc3Cl)c(CN)o2)c2ccc(C(F)(F)F)nc12. The van der Waals surface area contributed by atoms with Crippen molar-refractivity contribution in [1.82, 2.24) is 15.3 Å². The minimum atomic E-state index is -4.64. The second kappa shape index (κ2) is 11.6. The zero-order valence-electron chi connectivity index (χ0n) is 19.9. The lowest BCUT2D eigenvalue weighted by Gasteiger charge is -2.11. The van der Waals surface area contributed by atoms with Crippen LogP contribution in [0.4, 0.5) is 17.6 Å². The number of rotatable bonds is 9. The molecule has 0 fully saturated rings. The van der Waals surface area contributed by atoms with Gasteiger partial charge in [0.2, 0.25) is 5.89 Å². The standard InChI is InChI=1S/C25H21ClF4N4O3S/c1-36-18-7-5-14(13-6-8-20(25(28,29)30)33-21(13)18)24-34-22(19(11-31)37-24)23(35)32-9-10-38-12-15-16(26)3-2-4-17(15)27/h2-8H,9-12,31H2,1H3,(H,32,35). The van der Waals surface area contributed by atoms with E-state index in [2.05, 4.69) is 15.3 Å². The number of halogens is 5. The van der Waals surface area contributed by atoms with Crippen LogP contribution in [0, 0.1) is 5.82 Å². The van der Waals surface area contributed by atoms with Crippen LogP contribution in [0.2, 0.25) is 5.02 Å². The quantitative estimate of drug-likeness (QED) is 0.193. The Bertz CT molecular complexity index is 1460. The summed E-state index contributed by atoms with van der Waals surface area (Å²) in [6.45, 7) is 0.109. The van der Waals surface area contributed by atoms with E-state index in [-0.39, 0.29) is 47.1 Å². The van der Waals surface area contributed by atoms with E-state index in [4.69, 9.17) is 26.5 Å². The molecule has 4 rings (SSSR count). The van der Waals surface area contributed by atoms with Crippen molar-refractivity contribution in [3.8, 4) is 17.2 Å². The third-order valence-electron chi connectivity index (χ3n) is 5.50. The van der Waals surface area contributed by atoms with Crippen molar-refractivity contribution in [2.75, 3.05) is 19.4 Å². The average Bonchev–Trinajstić information content (AvgIpc) is 3.32. The number of hydrogen-bond donors (Lipinski definition) is 2. The molecule has 4 aromatic rings. The Balaban J connectivity index is 1.51. The molecule has 0 bridgehead atoms. The van der Waals surface area contributed by atoms with Crippen LogP contribution < -0.4 is 15.8 Å². The van der Waals surface area contributed by atoms with Gasteiger partial charge in [0.25, 0.3) is 5.91 Å². The van der Waals surface area contributed by atoms with Gasteiger partial charge in [-0.2, -0.15) is 24.9 Å². The van der Waals surface area contributed by atoms with Crippen molar-refractivity contribution in [3.05, 3.63) is 76.0 Å². The Hall–Kier alpha value is -3.35. The van der Waals surface area contributed by atoms with Crippen molar-refractivity contribution in [3.63, 3.8) is 0 Å². The van der Waals surface area contributed by atoms with Crippen LogP contribution in [0.1, 0.15) is 27.5 Å².